The fourth-order valence-corrected chi connectivity index (χ4v) is 4.08. The van der Waals surface area contributed by atoms with Gasteiger partial charge in [-0.2, -0.15) is 0 Å². The lowest BCUT2D eigenvalue weighted by Gasteiger charge is -2.24. The van der Waals surface area contributed by atoms with Gasteiger partial charge in [-0.25, -0.2) is 4.79 Å². The molecule has 1 aromatic heterocycles. The summed E-state index contributed by atoms with van der Waals surface area (Å²) >= 11 is 0. The first-order valence-electron chi connectivity index (χ1n) is 12.7. The molecule has 2 aromatic carbocycles. The topological polar surface area (TPSA) is 133 Å². The summed E-state index contributed by atoms with van der Waals surface area (Å²) in [5, 5.41) is 5.48. The number of anilines is 1. The van der Waals surface area contributed by atoms with Crippen molar-refractivity contribution < 1.29 is 19.1 Å². The van der Waals surface area contributed by atoms with Crippen molar-refractivity contribution in [1.82, 2.24) is 9.88 Å². The van der Waals surface area contributed by atoms with Gasteiger partial charge < -0.3 is 20.4 Å². The van der Waals surface area contributed by atoms with E-state index in [4.69, 9.17) is 10.5 Å². The quantitative estimate of drug-likeness (QED) is 0.304. The smallest absolute Gasteiger partial charge is 0.412 e. The van der Waals surface area contributed by atoms with Crippen LogP contribution in [0.1, 0.15) is 42.5 Å². The monoisotopic (exact) mass is 530 g/mol. The van der Waals surface area contributed by atoms with Crippen molar-refractivity contribution in [3.63, 3.8) is 0 Å². The predicted molar refractivity (Wildman–Crippen MR) is 150 cm³/mol. The van der Waals surface area contributed by atoms with Crippen molar-refractivity contribution in [2.45, 2.75) is 51.8 Å². The number of rotatable bonds is 12. The van der Waals surface area contributed by atoms with Crippen molar-refractivity contribution in [3.8, 4) is 0 Å². The molecule has 4 N–H and O–H groups in total. The van der Waals surface area contributed by atoms with Crippen LogP contribution >= 0.6 is 0 Å². The molecule has 0 aliphatic rings. The molecule has 9 heteroatoms. The number of nitrogens with one attached hydrogen (secondary N) is 2. The number of hydrogen-bond acceptors (Lipinski definition) is 5. The van der Waals surface area contributed by atoms with Gasteiger partial charge in [-0.05, 0) is 43.0 Å². The number of aryl methyl sites for hydroxylation is 1. The standard InChI is InChI=1S/C30H34N4O5/c1-3-10-24(15-16-26(31)35)32-28(36)25(19-22-11-6-4-7-12-22)34-18-17-21(2)27(29(34)37)33-30(38)39-20-23-13-8-5-9-14-23/h3-14,17-18,24-25H,15-16,19-20H2,1-2H3,(H2,31,35)(H,32,36)(H,33,38)/b10-3+/t24-,25+/m1/s1. The van der Waals surface area contributed by atoms with Crippen molar-refractivity contribution in [1.29, 1.82) is 0 Å². The van der Waals surface area contributed by atoms with Crippen molar-refractivity contribution >= 4 is 23.6 Å². The van der Waals surface area contributed by atoms with Crippen molar-refractivity contribution in [2.24, 2.45) is 5.73 Å². The first kappa shape index (κ1) is 28.9. The number of hydrogen-bond donors (Lipinski definition) is 3. The first-order valence-corrected chi connectivity index (χ1v) is 12.7. The minimum absolute atomic E-state index is 0.0279. The summed E-state index contributed by atoms with van der Waals surface area (Å²) in [6.07, 6.45) is 4.97. The molecule has 1 heterocycles. The molecule has 0 aliphatic heterocycles. The number of carbonyl (C=O) groups is 3. The van der Waals surface area contributed by atoms with Gasteiger partial charge in [-0.15, -0.1) is 0 Å². The van der Waals surface area contributed by atoms with Crippen LogP contribution in [0.3, 0.4) is 0 Å². The second-order valence-electron chi connectivity index (χ2n) is 9.12. The Balaban J connectivity index is 1.88. The van der Waals surface area contributed by atoms with Crippen LogP contribution < -0.4 is 21.9 Å². The van der Waals surface area contributed by atoms with E-state index in [0.29, 0.717) is 12.0 Å². The molecule has 3 rings (SSSR count). The highest BCUT2D eigenvalue weighted by Gasteiger charge is 2.26. The van der Waals surface area contributed by atoms with Crippen LogP contribution in [0.15, 0.2) is 89.9 Å². The van der Waals surface area contributed by atoms with Gasteiger partial charge in [0, 0.05) is 25.1 Å². The summed E-state index contributed by atoms with van der Waals surface area (Å²) in [5.74, 6) is -0.876. The number of carbonyl (C=O) groups excluding carboxylic acids is 3. The second-order valence-corrected chi connectivity index (χ2v) is 9.12. The van der Waals surface area contributed by atoms with Gasteiger partial charge in [0.1, 0.15) is 18.3 Å². The fraction of sp³-hybridized carbons (Fsp3) is 0.267. The Hall–Kier alpha value is -4.66. The van der Waals surface area contributed by atoms with E-state index in [9.17, 15) is 19.2 Å². The molecule has 3 aromatic rings. The van der Waals surface area contributed by atoms with Crippen LogP contribution in [-0.2, 0) is 27.4 Å². The highest BCUT2D eigenvalue weighted by Crippen LogP contribution is 2.18. The number of aromatic nitrogens is 1. The average Bonchev–Trinajstić information content (AvgIpc) is 2.93. The van der Waals surface area contributed by atoms with Gasteiger partial charge in [-0.3, -0.25) is 19.7 Å². The van der Waals surface area contributed by atoms with Gasteiger partial charge in [0.15, 0.2) is 0 Å². The van der Waals surface area contributed by atoms with Gasteiger partial charge >= 0.3 is 6.09 Å². The molecule has 0 saturated carbocycles. The lowest BCUT2D eigenvalue weighted by molar-refractivity contribution is -0.125. The Morgan fingerprint density at radius 1 is 1.00 bits per heavy atom. The maximum absolute atomic E-state index is 13.6. The van der Waals surface area contributed by atoms with Crippen LogP contribution in [0.2, 0.25) is 0 Å². The maximum Gasteiger partial charge on any atom is 0.412 e. The summed E-state index contributed by atoms with van der Waals surface area (Å²) in [5.41, 5.74) is 6.97. The average molecular weight is 531 g/mol. The molecule has 0 fully saturated rings. The molecule has 0 saturated heterocycles. The number of benzene rings is 2. The zero-order valence-corrected chi connectivity index (χ0v) is 22.1. The minimum atomic E-state index is -0.928. The summed E-state index contributed by atoms with van der Waals surface area (Å²) in [7, 11) is 0. The summed E-state index contributed by atoms with van der Waals surface area (Å²) in [4.78, 5) is 51.0. The molecule has 0 bridgehead atoms. The molecule has 2 atom stereocenters. The van der Waals surface area contributed by atoms with Gasteiger partial charge in [0.25, 0.3) is 5.56 Å². The van der Waals surface area contributed by atoms with Gasteiger partial charge in [0.05, 0.1) is 0 Å². The number of nitrogens with zero attached hydrogens (tertiary/aromatic N) is 1. The number of nitrogens with two attached hydrogens (primary N) is 1. The van der Waals surface area contributed by atoms with Crippen molar-refractivity contribution in [3.05, 3.63) is 112 Å². The molecule has 0 unspecified atom stereocenters. The molecular formula is C30H34N4O5. The molecule has 0 radical (unpaired) electrons. The van der Waals surface area contributed by atoms with E-state index >= 15 is 0 Å². The third-order valence-electron chi connectivity index (χ3n) is 6.13. The van der Waals surface area contributed by atoms with Gasteiger partial charge in [0.2, 0.25) is 11.8 Å². The first-order chi connectivity index (χ1) is 18.8. The van der Waals surface area contributed by atoms with Crippen LogP contribution in [0, 0.1) is 6.92 Å². The largest absolute Gasteiger partial charge is 0.444 e. The minimum Gasteiger partial charge on any atom is -0.444 e. The molecule has 9 nitrogen and oxygen atoms in total. The van der Waals surface area contributed by atoms with E-state index in [1.54, 1.807) is 31.3 Å². The fourth-order valence-electron chi connectivity index (χ4n) is 4.08. The van der Waals surface area contributed by atoms with Crippen LogP contribution in [0.25, 0.3) is 0 Å². The van der Waals surface area contributed by atoms with E-state index in [0.717, 1.165) is 11.1 Å². The number of amides is 3. The summed E-state index contributed by atoms with van der Waals surface area (Å²) < 4.78 is 6.60. The van der Waals surface area contributed by atoms with E-state index in [-0.39, 0.29) is 25.1 Å². The van der Waals surface area contributed by atoms with Crippen LogP contribution in [-0.4, -0.2) is 28.5 Å². The summed E-state index contributed by atoms with van der Waals surface area (Å²) in [6.45, 7) is 3.55. The Kier molecular flexibility index (Phi) is 10.6. The van der Waals surface area contributed by atoms with E-state index < -0.39 is 35.6 Å². The second kappa shape index (κ2) is 14.3. The highest BCUT2D eigenvalue weighted by molar-refractivity contribution is 5.86. The number of allylic oxidation sites excluding steroid dienone is 1. The Bertz CT molecular complexity index is 1350. The third kappa shape index (κ3) is 8.70. The molecular weight excluding hydrogens is 496 g/mol. The lowest BCUT2D eigenvalue weighted by Crippen LogP contribution is -2.43. The summed E-state index contributed by atoms with van der Waals surface area (Å²) in [6, 6.07) is 18.8. The third-order valence-corrected chi connectivity index (χ3v) is 6.13. The van der Waals surface area contributed by atoms with E-state index in [1.165, 1.54) is 4.57 Å². The number of ether oxygens (including phenoxy) is 1. The Morgan fingerprint density at radius 3 is 2.26 bits per heavy atom. The van der Waals surface area contributed by atoms with Crippen LogP contribution in [0.4, 0.5) is 10.5 Å². The predicted octanol–water partition coefficient (Wildman–Crippen LogP) is 4.02. The normalized spacial score (nSPS) is 12.5. The highest BCUT2D eigenvalue weighted by atomic mass is 16.5. The lowest BCUT2D eigenvalue weighted by atomic mass is 10.0. The zero-order chi connectivity index (χ0) is 28.2. The van der Waals surface area contributed by atoms with E-state index in [1.807, 2.05) is 67.6 Å². The molecule has 0 spiro atoms. The zero-order valence-electron chi connectivity index (χ0n) is 22.1. The Labute approximate surface area is 227 Å². The maximum atomic E-state index is 13.6. The van der Waals surface area contributed by atoms with Crippen LogP contribution in [0.5, 0.6) is 0 Å². The SMILES string of the molecule is C/C=C/[C@H](CCC(N)=O)NC(=O)[C@H](Cc1ccccc1)n1ccc(C)c(NC(=O)OCc2ccccc2)c1=O. The Morgan fingerprint density at radius 2 is 1.64 bits per heavy atom. The number of primary amides is 1. The van der Waals surface area contributed by atoms with Crippen molar-refractivity contribution in [2.75, 3.05) is 5.32 Å². The molecule has 3 amide bonds. The van der Waals surface area contributed by atoms with E-state index in [2.05, 4.69) is 10.6 Å². The van der Waals surface area contributed by atoms with Gasteiger partial charge in [-0.1, -0.05) is 72.8 Å². The number of pyridine rings is 1. The molecule has 0 aliphatic carbocycles. The molecule has 39 heavy (non-hydrogen) atoms. The molecule has 204 valence electrons.